The number of anilines is 1. The molecule has 0 saturated heterocycles. The van der Waals surface area contributed by atoms with Crippen LogP contribution in [0.3, 0.4) is 0 Å². The van der Waals surface area contributed by atoms with Crippen LogP contribution in [-0.2, 0) is 11.3 Å². The summed E-state index contributed by atoms with van der Waals surface area (Å²) in [7, 11) is 0. The van der Waals surface area contributed by atoms with Crippen molar-refractivity contribution in [2.75, 3.05) is 31.1 Å². The summed E-state index contributed by atoms with van der Waals surface area (Å²) in [5.41, 5.74) is 1.11. The lowest BCUT2D eigenvalue weighted by atomic mass is 10.1. The quantitative estimate of drug-likeness (QED) is 0.480. The molecule has 0 heterocycles. The Bertz CT molecular complexity index is 636. The highest BCUT2D eigenvalue weighted by Gasteiger charge is 2.14. The third-order valence-electron chi connectivity index (χ3n) is 3.81. The summed E-state index contributed by atoms with van der Waals surface area (Å²) >= 11 is 0. The zero-order valence-corrected chi connectivity index (χ0v) is 17.4. The fraction of sp³-hybridized carbons (Fsp3) is 0.600. The number of benzene rings is 1. The van der Waals surface area contributed by atoms with Gasteiger partial charge in [-0.3, -0.25) is 4.79 Å². The van der Waals surface area contributed by atoms with Gasteiger partial charge >= 0.3 is 0 Å². The fourth-order valence-electron chi connectivity index (χ4n) is 2.61. The predicted octanol–water partition coefficient (Wildman–Crippen LogP) is 2.64. The minimum Gasteiger partial charge on any atom is -0.370 e. The average Bonchev–Trinajstić information content (AvgIpc) is 2.58. The van der Waals surface area contributed by atoms with E-state index in [4.69, 9.17) is 0 Å². The summed E-state index contributed by atoms with van der Waals surface area (Å²) in [6.45, 7) is 14.4. The molecular weight excluding hydrogens is 345 g/mol. The number of carbonyl (C=O) groups is 1. The highest BCUT2D eigenvalue weighted by molar-refractivity contribution is 5.86. The van der Waals surface area contributed by atoms with Crippen molar-refractivity contribution in [3.8, 4) is 0 Å². The van der Waals surface area contributed by atoms with Crippen LogP contribution in [0.15, 0.2) is 23.2 Å². The average molecular weight is 380 g/mol. The summed E-state index contributed by atoms with van der Waals surface area (Å²) < 4.78 is 14.4. The second-order valence-electron chi connectivity index (χ2n) is 7.30. The van der Waals surface area contributed by atoms with Gasteiger partial charge in [0.15, 0.2) is 5.96 Å². The minimum atomic E-state index is -0.279. The van der Waals surface area contributed by atoms with Crippen LogP contribution in [0.1, 0.15) is 47.1 Å². The number of nitrogens with zero attached hydrogens (tertiary/aromatic N) is 2. The Hall–Kier alpha value is -2.31. The first-order valence-corrected chi connectivity index (χ1v) is 9.56. The SMILES string of the molecule is CCNC(=NCc1ccc(N(CC)CC)c(F)c1)NCC(=O)NC(C)(C)C. The predicted molar refractivity (Wildman–Crippen MR) is 111 cm³/mol. The summed E-state index contributed by atoms with van der Waals surface area (Å²) in [5, 5.41) is 8.98. The van der Waals surface area contributed by atoms with Crippen molar-refractivity contribution < 1.29 is 9.18 Å². The number of amides is 1. The molecule has 0 aliphatic rings. The third-order valence-corrected chi connectivity index (χ3v) is 3.81. The molecule has 27 heavy (non-hydrogen) atoms. The van der Waals surface area contributed by atoms with Crippen molar-refractivity contribution >= 4 is 17.6 Å². The van der Waals surface area contributed by atoms with E-state index in [9.17, 15) is 9.18 Å². The molecule has 0 saturated carbocycles. The molecule has 0 aromatic heterocycles. The zero-order chi connectivity index (χ0) is 20.4. The number of carbonyl (C=O) groups excluding carboxylic acids is 1. The highest BCUT2D eigenvalue weighted by Crippen LogP contribution is 2.20. The normalized spacial score (nSPS) is 11.9. The van der Waals surface area contributed by atoms with Gasteiger partial charge in [-0.25, -0.2) is 9.38 Å². The van der Waals surface area contributed by atoms with E-state index >= 15 is 0 Å². The van der Waals surface area contributed by atoms with Crippen LogP contribution in [0.25, 0.3) is 0 Å². The largest absolute Gasteiger partial charge is 0.370 e. The monoisotopic (exact) mass is 379 g/mol. The van der Waals surface area contributed by atoms with Crippen LogP contribution in [-0.4, -0.2) is 43.6 Å². The number of guanidine groups is 1. The zero-order valence-electron chi connectivity index (χ0n) is 17.4. The Kier molecular flexibility index (Phi) is 9.05. The third kappa shape index (κ3) is 8.28. The van der Waals surface area contributed by atoms with Crippen molar-refractivity contribution in [1.82, 2.24) is 16.0 Å². The second kappa shape index (κ2) is 10.7. The Labute approximate surface area is 162 Å². The molecule has 1 amide bonds. The molecule has 1 aromatic rings. The molecule has 0 unspecified atom stereocenters. The molecule has 0 bridgehead atoms. The molecule has 3 N–H and O–H groups in total. The molecule has 0 atom stereocenters. The number of hydrogen-bond acceptors (Lipinski definition) is 3. The van der Waals surface area contributed by atoms with Gasteiger partial charge in [0, 0.05) is 25.2 Å². The van der Waals surface area contributed by atoms with E-state index in [1.54, 1.807) is 6.07 Å². The van der Waals surface area contributed by atoms with Crippen LogP contribution < -0.4 is 20.9 Å². The van der Waals surface area contributed by atoms with Crippen LogP contribution in [0.5, 0.6) is 0 Å². The lowest BCUT2D eigenvalue weighted by molar-refractivity contribution is -0.121. The first kappa shape index (κ1) is 22.7. The molecule has 0 radical (unpaired) electrons. The van der Waals surface area contributed by atoms with Gasteiger partial charge in [-0.1, -0.05) is 6.07 Å². The van der Waals surface area contributed by atoms with Gasteiger partial charge in [0.1, 0.15) is 5.82 Å². The van der Waals surface area contributed by atoms with Gasteiger partial charge in [-0.15, -0.1) is 0 Å². The van der Waals surface area contributed by atoms with Crippen LogP contribution in [0.2, 0.25) is 0 Å². The summed E-state index contributed by atoms with van der Waals surface area (Å²) in [6, 6.07) is 5.20. The van der Waals surface area contributed by atoms with E-state index in [0.717, 1.165) is 18.7 Å². The first-order chi connectivity index (χ1) is 12.7. The van der Waals surface area contributed by atoms with Crippen LogP contribution in [0.4, 0.5) is 10.1 Å². The molecule has 0 fully saturated rings. The molecule has 7 heteroatoms. The van der Waals surface area contributed by atoms with E-state index in [-0.39, 0.29) is 23.8 Å². The van der Waals surface area contributed by atoms with Crippen LogP contribution >= 0.6 is 0 Å². The van der Waals surface area contributed by atoms with Gasteiger partial charge in [0.25, 0.3) is 0 Å². The smallest absolute Gasteiger partial charge is 0.239 e. The number of halogens is 1. The first-order valence-electron chi connectivity index (χ1n) is 9.56. The second-order valence-corrected chi connectivity index (χ2v) is 7.30. The van der Waals surface area contributed by atoms with Gasteiger partial charge < -0.3 is 20.9 Å². The summed E-state index contributed by atoms with van der Waals surface area (Å²) in [6.07, 6.45) is 0. The van der Waals surface area contributed by atoms with Crippen molar-refractivity contribution in [2.45, 2.75) is 53.6 Å². The van der Waals surface area contributed by atoms with Crippen molar-refractivity contribution in [3.05, 3.63) is 29.6 Å². The number of hydrogen-bond donors (Lipinski definition) is 3. The fourth-order valence-corrected chi connectivity index (χ4v) is 2.61. The molecule has 6 nitrogen and oxygen atoms in total. The topological polar surface area (TPSA) is 68.8 Å². The maximum Gasteiger partial charge on any atom is 0.239 e. The maximum absolute atomic E-state index is 14.4. The van der Waals surface area contributed by atoms with E-state index in [1.807, 2.05) is 52.5 Å². The highest BCUT2D eigenvalue weighted by atomic mass is 19.1. The molecule has 1 aromatic carbocycles. The Morgan fingerprint density at radius 3 is 2.33 bits per heavy atom. The molecule has 0 aliphatic heterocycles. The Balaban J connectivity index is 2.74. The maximum atomic E-state index is 14.4. The number of nitrogens with one attached hydrogen (secondary N) is 3. The lowest BCUT2D eigenvalue weighted by Crippen LogP contribution is -2.48. The van der Waals surface area contributed by atoms with Gasteiger partial charge in [-0.2, -0.15) is 0 Å². The molecule has 152 valence electrons. The lowest BCUT2D eigenvalue weighted by Gasteiger charge is -2.22. The van der Waals surface area contributed by atoms with Gasteiger partial charge in [0.05, 0.1) is 18.8 Å². The minimum absolute atomic E-state index is 0.109. The van der Waals surface area contributed by atoms with E-state index in [2.05, 4.69) is 20.9 Å². The van der Waals surface area contributed by atoms with E-state index in [0.29, 0.717) is 24.7 Å². The van der Waals surface area contributed by atoms with Crippen molar-refractivity contribution in [1.29, 1.82) is 0 Å². The number of aliphatic imine (C=N–C) groups is 1. The Morgan fingerprint density at radius 2 is 1.81 bits per heavy atom. The van der Waals surface area contributed by atoms with Gasteiger partial charge in [-0.05, 0) is 59.2 Å². The van der Waals surface area contributed by atoms with Crippen molar-refractivity contribution in [2.24, 2.45) is 4.99 Å². The van der Waals surface area contributed by atoms with Crippen molar-refractivity contribution in [3.63, 3.8) is 0 Å². The summed E-state index contributed by atoms with van der Waals surface area (Å²) in [5.74, 6) is 0.173. The van der Waals surface area contributed by atoms with Crippen LogP contribution in [0, 0.1) is 5.82 Å². The molecule has 0 spiro atoms. The Morgan fingerprint density at radius 1 is 1.15 bits per heavy atom. The number of rotatable bonds is 8. The molecular formula is C20H34FN5O. The van der Waals surface area contributed by atoms with E-state index in [1.165, 1.54) is 6.07 Å². The standard InChI is InChI=1S/C20H34FN5O/c1-7-22-19(24-14-18(27)25-20(4,5)6)23-13-15-10-11-17(16(21)12-15)26(8-2)9-3/h10-12H,7-9,13-14H2,1-6H3,(H,25,27)(H2,22,23,24). The summed E-state index contributed by atoms with van der Waals surface area (Å²) in [4.78, 5) is 18.4. The van der Waals surface area contributed by atoms with Gasteiger partial charge in [0.2, 0.25) is 5.91 Å². The molecule has 1 rings (SSSR count). The van der Waals surface area contributed by atoms with E-state index < -0.39 is 0 Å². The molecule has 0 aliphatic carbocycles.